The summed E-state index contributed by atoms with van der Waals surface area (Å²) in [5, 5.41) is 2.54. The summed E-state index contributed by atoms with van der Waals surface area (Å²) in [4.78, 5) is 33.8. The van der Waals surface area contributed by atoms with E-state index in [2.05, 4.69) is 26.0 Å². The lowest BCUT2D eigenvalue weighted by molar-refractivity contribution is -0.143. The van der Waals surface area contributed by atoms with E-state index in [0.29, 0.717) is 13.0 Å². The number of methoxy groups -OCH3 is 1. The normalized spacial score (nSPS) is 10.3. The number of amides is 1. The molecule has 1 aromatic carbocycles. The largest absolute Gasteiger partial charge is 0.469 e. The number of carbonyl (C=O) groups excluding carboxylic acids is 3. The zero-order chi connectivity index (χ0) is 17.1. The summed E-state index contributed by atoms with van der Waals surface area (Å²) in [6.07, 6.45) is 3.55. The highest BCUT2D eigenvalue weighted by Gasteiger charge is 2.05. The third kappa shape index (κ3) is 8.77. The van der Waals surface area contributed by atoms with E-state index in [-0.39, 0.29) is 19.0 Å². The van der Waals surface area contributed by atoms with Gasteiger partial charge in [-0.2, -0.15) is 0 Å². The van der Waals surface area contributed by atoms with Gasteiger partial charge in [0.1, 0.15) is 0 Å². The predicted octanol–water partition coefficient (Wildman–Crippen LogP) is 2.07. The molecule has 0 atom stereocenters. The van der Waals surface area contributed by atoms with Gasteiger partial charge in [0.15, 0.2) is 6.61 Å². The Labute approximate surface area is 143 Å². The average Bonchev–Trinajstić information content (AvgIpc) is 2.54. The SMILES string of the molecule is COC(=O)CCCNC(=O)COC(=O)/C=C/c1cccc(Br)c1. The van der Waals surface area contributed by atoms with Gasteiger partial charge in [-0.1, -0.05) is 28.1 Å². The topological polar surface area (TPSA) is 81.7 Å². The summed E-state index contributed by atoms with van der Waals surface area (Å²) in [6.45, 7) is -0.0424. The summed E-state index contributed by atoms with van der Waals surface area (Å²) < 4.78 is 10.2. The molecule has 0 saturated heterocycles. The lowest BCUT2D eigenvalue weighted by Gasteiger charge is -2.04. The fourth-order valence-corrected chi connectivity index (χ4v) is 1.99. The lowest BCUT2D eigenvalue weighted by atomic mass is 10.2. The molecule has 1 rings (SSSR count). The van der Waals surface area contributed by atoms with Crippen molar-refractivity contribution in [1.29, 1.82) is 0 Å². The Bertz CT molecular complexity index is 586. The van der Waals surface area contributed by atoms with Crippen LogP contribution in [0, 0.1) is 0 Å². The van der Waals surface area contributed by atoms with Crippen LogP contribution in [-0.2, 0) is 23.9 Å². The molecule has 1 N–H and O–H groups in total. The molecular formula is C16H18BrNO5. The summed E-state index contributed by atoms with van der Waals surface area (Å²) >= 11 is 3.33. The Morgan fingerprint density at radius 3 is 2.78 bits per heavy atom. The molecule has 0 unspecified atom stereocenters. The van der Waals surface area contributed by atoms with Crippen molar-refractivity contribution in [2.45, 2.75) is 12.8 Å². The zero-order valence-corrected chi connectivity index (χ0v) is 14.3. The highest BCUT2D eigenvalue weighted by molar-refractivity contribution is 9.10. The number of esters is 2. The number of ether oxygens (including phenoxy) is 2. The Kier molecular flexibility index (Phi) is 8.67. The summed E-state index contributed by atoms with van der Waals surface area (Å²) in [5.41, 5.74) is 0.837. The maximum atomic E-state index is 11.5. The van der Waals surface area contributed by atoms with Crippen LogP contribution < -0.4 is 5.32 Å². The Balaban J connectivity index is 2.22. The van der Waals surface area contributed by atoms with Crippen LogP contribution in [0.2, 0.25) is 0 Å². The highest BCUT2D eigenvalue weighted by Crippen LogP contribution is 2.12. The average molecular weight is 384 g/mol. The van der Waals surface area contributed by atoms with Gasteiger partial charge in [0.05, 0.1) is 7.11 Å². The summed E-state index contributed by atoms with van der Waals surface area (Å²) in [6, 6.07) is 7.40. The number of hydrogen-bond acceptors (Lipinski definition) is 5. The first kappa shape index (κ1) is 18.9. The van der Waals surface area contributed by atoms with Crippen LogP contribution in [0.3, 0.4) is 0 Å². The molecule has 6 nitrogen and oxygen atoms in total. The van der Waals surface area contributed by atoms with Crippen molar-refractivity contribution in [3.8, 4) is 0 Å². The lowest BCUT2D eigenvalue weighted by Crippen LogP contribution is -2.29. The second-order valence-corrected chi connectivity index (χ2v) is 5.44. The van der Waals surface area contributed by atoms with Gasteiger partial charge < -0.3 is 14.8 Å². The van der Waals surface area contributed by atoms with Crippen molar-refractivity contribution in [2.24, 2.45) is 0 Å². The molecule has 0 bridgehead atoms. The van der Waals surface area contributed by atoms with Gasteiger partial charge in [-0.05, 0) is 30.2 Å². The van der Waals surface area contributed by atoms with Crippen LogP contribution >= 0.6 is 15.9 Å². The molecule has 124 valence electrons. The van der Waals surface area contributed by atoms with E-state index in [1.807, 2.05) is 24.3 Å². The number of hydrogen-bond donors (Lipinski definition) is 1. The number of rotatable bonds is 8. The molecule has 0 fully saturated rings. The summed E-state index contributed by atoms with van der Waals surface area (Å²) in [7, 11) is 1.31. The maximum absolute atomic E-state index is 11.5. The van der Waals surface area contributed by atoms with E-state index >= 15 is 0 Å². The molecule has 0 aliphatic carbocycles. The first-order chi connectivity index (χ1) is 11.0. The quantitative estimate of drug-likeness (QED) is 0.422. The van der Waals surface area contributed by atoms with Crippen molar-refractivity contribution >= 4 is 39.9 Å². The second kappa shape index (κ2) is 10.6. The molecule has 1 aromatic rings. The molecule has 0 spiro atoms. The van der Waals surface area contributed by atoms with Gasteiger partial charge in [-0.3, -0.25) is 9.59 Å². The van der Waals surface area contributed by atoms with Crippen LogP contribution in [0.5, 0.6) is 0 Å². The minimum Gasteiger partial charge on any atom is -0.469 e. The second-order valence-electron chi connectivity index (χ2n) is 4.53. The molecule has 0 radical (unpaired) electrons. The highest BCUT2D eigenvalue weighted by atomic mass is 79.9. The Hall–Kier alpha value is -2.15. The summed E-state index contributed by atoms with van der Waals surface area (Å²) in [5.74, 6) is -1.35. The molecule has 0 aliphatic rings. The number of benzene rings is 1. The van der Waals surface area contributed by atoms with E-state index in [9.17, 15) is 14.4 Å². The number of nitrogens with one attached hydrogen (secondary N) is 1. The van der Waals surface area contributed by atoms with E-state index < -0.39 is 11.9 Å². The molecule has 0 saturated carbocycles. The minimum atomic E-state index is -0.602. The molecule has 0 heterocycles. The third-order valence-electron chi connectivity index (χ3n) is 2.71. The first-order valence-electron chi connectivity index (χ1n) is 6.95. The minimum absolute atomic E-state index is 0.228. The molecular weight excluding hydrogens is 366 g/mol. The maximum Gasteiger partial charge on any atom is 0.331 e. The van der Waals surface area contributed by atoms with Gasteiger partial charge >= 0.3 is 11.9 Å². The molecule has 0 aromatic heterocycles. The monoisotopic (exact) mass is 383 g/mol. The van der Waals surface area contributed by atoms with Crippen molar-refractivity contribution in [2.75, 3.05) is 20.3 Å². The Morgan fingerprint density at radius 1 is 1.30 bits per heavy atom. The predicted molar refractivity (Wildman–Crippen MR) is 88.4 cm³/mol. The van der Waals surface area contributed by atoms with Gasteiger partial charge in [0.2, 0.25) is 0 Å². The van der Waals surface area contributed by atoms with E-state index in [1.54, 1.807) is 6.08 Å². The first-order valence-corrected chi connectivity index (χ1v) is 7.74. The van der Waals surface area contributed by atoms with Gasteiger partial charge in [-0.25, -0.2) is 4.79 Å². The van der Waals surface area contributed by atoms with Gasteiger partial charge in [0.25, 0.3) is 5.91 Å². The van der Waals surface area contributed by atoms with Gasteiger partial charge in [-0.15, -0.1) is 0 Å². The zero-order valence-electron chi connectivity index (χ0n) is 12.7. The van der Waals surface area contributed by atoms with E-state index in [4.69, 9.17) is 4.74 Å². The number of halogens is 1. The van der Waals surface area contributed by atoms with Crippen molar-refractivity contribution < 1.29 is 23.9 Å². The molecule has 0 aliphatic heterocycles. The van der Waals surface area contributed by atoms with Crippen LogP contribution in [0.15, 0.2) is 34.8 Å². The Morgan fingerprint density at radius 2 is 2.09 bits per heavy atom. The van der Waals surface area contributed by atoms with Crippen LogP contribution in [0.25, 0.3) is 6.08 Å². The molecule has 23 heavy (non-hydrogen) atoms. The van der Waals surface area contributed by atoms with E-state index in [1.165, 1.54) is 13.2 Å². The molecule has 1 amide bonds. The fourth-order valence-electron chi connectivity index (χ4n) is 1.57. The van der Waals surface area contributed by atoms with Crippen LogP contribution in [0.4, 0.5) is 0 Å². The van der Waals surface area contributed by atoms with Crippen molar-refractivity contribution in [3.05, 3.63) is 40.4 Å². The van der Waals surface area contributed by atoms with E-state index in [0.717, 1.165) is 10.0 Å². The standard InChI is InChI=1S/C16H18BrNO5/c1-22-15(20)6-3-9-18-14(19)11-23-16(21)8-7-12-4-2-5-13(17)10-12/h2,4-5,7-8,10H,3,6,9,11H2,1H3,(H,18,19)/b8-7+. The third-order valence-corrected chi connectivity index (χ3v) is 3.21. The van der Waals surface area contributed by atoms with Crippen LogP contribution in [0.1, 0.15) is 18.4 Å². The number of carbonyl (C=O) groups is 3. The fraction of sp³-hybridized carbons (Fsp3) is 0.312. The van der Waals surface area contributed by atoms with Crippen molar-refractivity contribution in [3.63, 3.8) is 0 Å². The van der Waals surface area contributed by atoms with Gasteiger partial charge in [0, 0.05) is 23.5 Å². The smallest absolute Gasteiger partial charge is 0.331 e. The molecule has 7 heteroatoms. The van der Waals surface area contributed by atoms with Crippen molar-refractivity contribution in [1.82, 2.24) is 5.32 Å². The van der Waals surface area contributed by atoms with Crippen LogP contribution in [-0.4, -0.2) is 38.1 Å².